The Balaban J connectivity index is 2.39. The standard InChI is InChI=1S/C14H12BrN3/c1-9-2-4-11(15)13(6-9)18-14-7-10(8-16)3-5-12(14)17/h2-7,18H,17H2,1H3. The van der Waals surface area contributed by atoms with Gasteiger partial charge in [-0.2, -0.15) is 5.26 Å². The van der Waals surface area contributed by atoms with Crippen molar-refractivity contribution in [3.05, 3.63) is 52.0 Å². The molecule has 0 spiro atoms. The Kier molecular flexibility index (Phi) is 3.54. The first-order chi connectivity index (χ1) is 8.60. The topological polar surface area (TPSA) is 61.8 Å². The van der Waals surface area contributed by atoms with Gasteiger partial charge >= 0.3 is 0 Å². The summed E-state index contributed by atoms with van der Waals surface area (Å²) in [4.78, 5) is 0. The van der Waals surface area contributed by atoms with Gasteiger partial charge in [-0.25, -0.2) is 0 Å². The van der Waals surface area contributed by atoms with E-state index in [-0.39, 0.29) is 0 Å². The monoisotopic (exact) mass is 301 g/mol. The highest BCUT2D eigenvalue weighted by molar-refractivity contribution is 9.10. The van der Waals surface area contributed by atoms with Gasteiger partial charge in [0.25, 0.3) is 0 Å². The van der Waals surface area contributed by atoms with Gasteiger partial charge in [-0.1, -0.05) is 6.07 Å². The maximum Gasteiger partial charge on any atom is 0.0992 e. The van der Waals surface area contributed by atoms with Crippen LogP contribution in [0.15, 0.2) is 40.9 Å². The van der Waals surface area contributed by atoms with E-state index in [9.17, 15) is 0 Å². The molecular formula is C14H12BrN3. The highest BCUT2D eigenvalue weighted by atomic mass is 79.9. The van der Waals surface area contributed by atoms with Crippen molar-refractivity contribution in [1.29, 1.82) is 5.26 Å². The molecule has 0 unspecified atom stereocenters. The Morgan fingerprint density at radius 2 is 1.94 bits per heavy atom. The number of halogens is 1. The summed E-state index contributed by atoms with van der Waals surface area (Å²) in [6, 6.07) is 13.3. The predicted octanol–water partition coefficient (Wildman–Crippen LogP) is 3.96. The van der Waals surface area contributed by atoms with E-state index in [4.69, 9.17) is 11.0 Å². The second kappa shape index (κ2) is 5.11. The van der Waals surface area contributed by atoms with Crippen LogP contribution in [0, 0.1) is 18.3 Å². The number of anilines is 3. The lowest BCUT2D eigenvalue weighted by molar-refractivity contribution is 1.42. The van der Waals surface area contributed by atoms with Gasteiger partial charge in [0, 0.05) is 4.47 Å². The number of nitrogens with one attached hydrogen (secondary N) is 1. The van der Waals surface area contributed by atoms with Crippen LogP contribution in [0.1, 0.15) is 11.1 Å². The fourth-order valence-corrected chi connectivity index (χ4v) is 1.96. The van der Waals surface area contributed by atoms with Crippen molar-refractivity contribution >= 4 is 33.0 Å². The van der Waals surface area contributed by atoms with Crippen LogP contribution in [0.3, 0.4) is 0 Å². The van der Waals surface area contributed by atoms with Gasteiger partial charge in [0.05, 0.1) is 28.7 Å². The molecule has 0 aliphatic carbocycles. The molecule has 0 aromatic heterocycles. The average Bonchev–Trinajstić information content (AvgIpc) is 2.36. The van der Waals surface area contributed by atoms with Crippen LogP contribution < -0.4 is 11.1 Å². The maximum absolute atomic E-state index is 8.89. The lowest BCUT2D eigenvalue weighted by atomic mass is 10.1. The van der Waals surface area contributed by atoms with Crippen LogP contribution >= 0.6 is 15.9 Å². The highest BCUT2D eigenvalue weighted by Gasteiger charge is 2.04. The molecule has 2 rings (SSSR count). The predicted molar refractivity (Wildman–Crippen MR) is 77.7 cm³/mol. The van der Waals surface area contributed by atoms with E-state index >= 15 is 0 Å². The fourth-order valence-electron chi connectivity index (χ4n) is 1.61. The van der Waals surface area contributed by atoms with Gasteiger partial charge in [-0.05, 0) is 58.7 Å². The molecule has 90 valence electrons. The van der Waals surface area contributed by atoms with Gasteiger partial charge < -0.3 is 11.1 Å². The Hall–Kier alpha value is -1.99. The largest absolute Gasteiger partial charge is 0.397 e. The van der Waals surface area contributed by atoms with Crippen molar-refractivity contribution < 1.29 is 0 Å². The Labute approximate surface area is 114 Å². The summed E-state index contributed by atoms with van der Waals surface area (Å²) >= 11 is 3.48. The first-order valence-corrected chi connectivity index (χ1v) is 6.22. The summed E-state index contributed by atoms with van der Waals surface area (Å²) in [6.45, 7) is 2.02. The zero-order chi connectivity index (χ0) is 13.1. The number of benzene rings is 2. The highest BCUT2D eigenvalue weighted by Crippen LogP contribution is 2.30. The number of aryl methyl sites for hydroxylation is 1. The van der Waals surface area contributed by atoms with Gasteiger partial charge in [-0.15, -0.1) is 0 Å². The minimum Gasteiger partial charge on any atom is -0.397 e. The third-order valence-corrected chi connectivity index (χ3v) is 3.27. The summed E-state index contributed by atoms with van der Waals surface area (Å²) in [5.74, 6) is 0. The molecule has 0 bridgehead atoms. The number of rotatable bonds is 2. The number of nitrogens with two attached hydrogens (primary N) is 1. The molecule has 18 heavy (non-hydrogen) atoms. The number of hydrogen-bond donors (Lipinski definition) is 2. The molecule has 0 aliphatic heterocycles. The van der Waals surface area contributed by atoms with Crippen molar-refractivity contribution in [2.45, 2.75) is 6.92 Å². The molecule has 3 N–H and O–H groups in total. The zero-order valence-corrected chi connectivity index (χ0v) is 11.5. The molecule has 2 aromatic rings. The second-order valence-corrected chi connectivity index (χ2v) is 4.88. The molecule has 0 aliphatic rings. The van der Waals surface area contributed by atoms with Crippen molar-refractivity contribution in [1.82, 2.24) is 0 Å². The molecule has 0 radical (unpaired) electrons. The van der Waals surface area contributed by atoms with Crippen molar-refractivity contribution in [2.75, 3.05) is 11.1 Å². The molecule has 0 saturated carbocycles. The van der Waals surface area contributed by atoms with Gasteiger partial charge in [0.1, 0.15) is 0 Å². The molecule has 0 amide bonds. The van der Waals surface area contributed by atoms with Crippen LogP contribution in [-0.4, -0.2) is 0 Å². The Morgan fingerprint density at radius 3 is 2.67 bits per heavy atom. The summed E-state index contributed by atoms with van der Waals surface area (Å²) < 4.78 is 0.954. The lowest BCUT2D eigenvalue weighted by Gasteiger charge is -2.12. The molecule has 0 heterocycles. The van der Waals surface area contributed by atoms with Crippen LogP contribution in [0.4, 0.5) is 17.1 Å². The maximum atomic E-state index is 8.89. The SMILES string of the molecule is Cc1ccc(Br)c(Nc2cc(C#N)ccc2N)c1. The van der Waals surface area contributed by atoms with Gasteiger partial charge in [0.15, 0.2) is 0 Å². The smallest absolute Gasteiger partial charge is 0.0992 e. The summed E-state index contributed by atoms with van der Waals surface area (Å²) in [5, 5.41) is 12.1. The van der Waals surface area contributed by atoms with E-state index in [0.717, 1.165) is 21.4 Å². The molecule has 0 atom stereocenters. The van der Waals surface area contributed by atoms with E-state index in [1.165, 1.54) is 0 Å². The molecule has 2 aromatic carbocycles. The fraction of sp³-hybridized carbons (Fsp3) is 0.0714. The van der Waals surface area contributed by atoms with Crippen molar-refractivity contribution in [3.8, 4) is 6.07 Å². The van der Waals surface area contributed by atoms with E-state index in [1.807, 2.05) is 25.1 Å². The Bertz CT molecular complexity index is 629. The summed E-state index contributed by atoms with van der Waals surface area (Å²) in [6.07, 6.45) is 0. The number of nitrogen functional groups attached to an aromatic ring is 1. The van der Waals surface area contributed by atoms with Crippen molar-refractivity contribution in [3.63, 3.8) is 0 Å². The Morgan fingerprint density at radius 1 is 1.17 bits per heavy atom. The third-order valence-electron chi connectivity index (χ3n) is 2.57. The van der Waals surface area contributed by atoms with Crippen molar-refractivity contribution in [2.24, 2.45) is 0 Å². The van der Waals surface area contributed by atoms with E-state index in [1.54, 1.807) is 18.2 Å². The van der Waals surface area contributed by atoms with Crippen LogP contribution in [0.25, 0.3) is 0 Å². The molecule has 3 nitrogen and oxygen atoms in total. The first-order valence-electron chi connectivity index (χ1n) is 5.43. The minimum atomic E-state index is 0.579. The van der Waals surface area contributed by atoms with Crippen LogP contribution in [0.5, 0.6) is 0 Å². The number of hydrogen-bond acceptors (Lipinski definition) is 3. The first kappa shape index (κ1) is 12.5. The summed E-state index contributed by atoms with van der Waals surface area (Å²) in [7, 11) is 0. The van der Waals surface area contributed by atoms with Crippen LogP contribution in [-0.2, 0) is 0 Å². The third kappa shape index (κ3) is 2.63. The quantitative estimate of drug-likeness (QED) is 0.826. The number of nitriles is 1. The van der Waals surface area contributed by atoms with Crippen LogP contribution in [0.2, 0.25) is 0 Å². The number of nitrogens with zero attached hydrogens (tertiary/aromatic N) is 1. The summed E-state index contributed by atoms with van der Waals surface area (Å²) in [5.41, 5.74) is 9.90. The molecule has 4 heteroatoms. The lowest BCUT2D eigenvalue weighted by Crippen LogP contribution is -1.98. The zero-order valence-electron chi connectivity index (χ0n) is 9.87. The van der Waals surface area contributed by atoms with E-state index < -0.39 is 0 Å². The van der Waals surface area contributed by atoms with E-state index in [2.05, 4.69) is 27.3 Å². The second-order valence-electron chi connectivity index (χ2n) is 4.02. The molecule has 0 saturated heterocycles. The normalized spacial score (nSPS) is 9.83. The van der Waals surface area contributed by atoms with E-state index in [0.29, 0.717) is 11.3 Å². The molecular weight excluding hydrogens is 290 g/mol. The average molecular weight is 302 g/mol. The van der Waals surface area contributed by atoms with Gasteiger partial charge in [0.2, 0.25) is 0 Å². The minimum absolute atomic E-state index is 0.579. The van der Waals surface area contributed by atoms with Gasteiger partial charge in [-0.3, -0.25) is 0 Å². The molecule has 0 fully saturated rings.